The Balaban J connectivity index is 1.92. The van der Waals surface area contributed by atoms with Crippen molar-refractivity contribution in [1.29, 1.82) is 0 Å². The lowest BCUT2D eigenvalue weighted by Crippen LogP contribution is -2.62. The van der Waals surface area contributed by atoms with Crippen molar-refractivity contribution >= 4 is 5.91 Å². The van der Waals surface area contributed by atoms with Crippen LogP contribution in [-0.2, 0) is 4.79 Å². The lowest BCUT2D eigenvalue weighted by Gasteiger charge is -2.47. The van der Waals surface area contributed by atoms with E-state index in [1.165, 1.54) is 0 Å². The molecule has 2 aliphatic heterocycles. The predicted molar refractivity (Wildman–Crippen MR) is 78.1 cm³/mol. The molecule has 2 saturated heterocycles. The number of piperidine rings is 2. The van der Waals surface area contributed by atoms with Crippen LogP contribution in [0.1, 0.15) is 53.4 Å². The Morgan fingerprint density at radius 2 is 1.79 bits per heavy atom. The molecule has 2 aliphatic rings. The van der Waals surface area contributed by atoms with E-state index in [0.717, 1.165) is 38.8 Å². The molecule has 1 unspecified atom stereocenters. The van der Waals surface area contributed by atoms with Crippen LogP contribution >= 0.6 is 0 Å². The van der Waals surface area contributed by atoms with E-state index in [0.29, 0.717) is 6.04 Å². The molecular formula is C15H29N3O. The van der Waals surface area contributed by atoms with Gasteiger partial charge in [-0.2, -0.15) is 0 Å². The van der Waals surface area contributed by atoms with Crippen LogP contribution in [0.15, 0.2) is 0 Å². The largest absolute Gasteiger partial charge is 0.353 e. The van der Waals surface area contributed by atoms with Crippen molar-refractivity contribution in [3.8, 4) is 0 Å². The molecule has 0 spiro atoms. The first-order valence-electron chi connectivity index (χ1n) is 7.58. The second-order valence-electron chi connectivity index (χ2n) is 7.55. The fourth-order valence-electron chi connectivity index (χ4n) is 3.82. The Morgan fingerprint density at radius 3 is 2.32 bits per heavy atom. The molecule has 2 rings (SSSR count). The number of rotatable bonds is 2. The molecule has 2 heterocycles. The first-order valence-corrected chi connectivity index (χ1v) is 7.58. The van der Waals surface area contributed by atoms with E-state index >= 15 is 0 Å². The van der Waals surface area contributed by atoms with Gasteiger partial charge >= 0.3 is 0 Å². The van der Waals surface area contributed by atoms with Crippen molar-refractivity contribution in [2.75, 3.05) is 13.1 Å². The van der Waals surface area contributed by atoms with Crippen molar-refractivity contribution in [2.24, 2.45) is 5.92 Å². The molecule has 0 aromatic carbocycles. The van der Waals surface area contributed by atoms with Gasteiger partial charge in [0.1, 0.15) is 0 Å². The first-order chi connectivity index (χ1) is 8.77. The predicted octanol–water partition coefficient (Wildman–Crippen LogP) is 1.41. The van der Waals surface area contributed by atoms with Crippen molar-refractivity contribution < 1.29 is 4.79 Å². The standard InChI is InChI=1S/C15H29N3O/c1-14(2)8-12(9-15(3,4)18-14)17-13(19)11-6-5-7-16-10-11/h11-12,16,18H,5-10H2,1-4H3,(H,17,19). The molecule has 0 saturated carbocycles. The van der Waals surface area contributed by atoms with Gasteiger partial charge in [0.15, 0.2) is 0 Å². The summed E-state index contributed by atoms with van der Waals surface area (Å²) in [6.07, 6.45) is 4.14. The third-order valence-electron chi connectivity index (χ3n) is 4.20. The van der Waals surface area contributed by atoms with Crippen molar-refractivity contribution in [2.45, 2.75) is 70.5 Å². The van der Waals surface area contributed by atoms with Gasteiger partial charge in [-0.3, -0.25) is 4.79 Å². The summed E-state index contributed by atoms with van der Waals surface area (Å²) in [5.74, 6) is 0.403. The summed E-state index contributed by atoms with van der Waals surface area (Å²) in [6, 6.07) is 0.292. The Kier molecular flexibility index (Phi) is 4.21. The molecule has 4 heteroatoms. The Morgan fingerprint density at radius 1 is 1.16 bits per heavy atom. The van der Waals surface area contributed by atoms with Gasteiger partial charge in [-0.05, 0) is 59.9 Å². The average Bonchev–Trinajstić information content (AvgIpc) is 2.25. The summed E-state index contributed by atoms with van der Waals surface area (Å²) >= 11 is 0. The van der Waals surface area contributed by atoms with Crippen molar-refractivity contribution in [1.82, 2.24) is 16.0 Å². The first kappa shape index (κ1) is 14.8. The van der Waals surface area contributed by atoms with Gasteiger partial charge in [0.2, 0.25) is 5.91 Å². The number of carbonyl (C=O) groups excluding carboxylic acids is 1. The minimum atomic E-state index is 0.0878. The summed E-state index contributed by atoms with van der Waals surface area (Å²) in [5.41, 5.74) is 0.176. The molecule has 1 atom stereocenters. The normalized spacial score (nSPS) is 30.8. The monoisotopic (exact) mass is 267 g/mol. The quantitative estimate of drug-likeness (QED) is 0.709. The maximum Gasteiger partial charge on any atom is 0.224 e. The van der Waals surface area contributed by atoms with E-state index in [1.807, 2.05) is 0 Å². The SMILES string of the molecule is CC1(C)CC(NC(=O)C2CCCNC2)CC(C)(C)N1. The van der Waals surface area contributed by atoms with Crippen molar-refractivity contribution in [3.63, 3.8) is 0 Å². The number of nitrogens with one attached hydrogen (secondary N) is 3. The van der Waals surface area contributed by atoms with E-state index in [2.05, 4.69) is 43.6 Å². The van der Waals surface area contributed by atoms with E-state index < -0.39 is 0 Å². The molecule has 0 aromatic rings. The molecule has 0 aromatic heterocycles. The maximum atomic E-state index is 12.3. The van der Waals surface area contributed by atoms with Gasteiger partial charge < -0.3 is 16.0 Å². The van der Waals surface area contributed by atoms with Crippen LogP contribution < -0.4 is 16.0 Å². The van der Waals surface area contributed by atoms with Crippen LogP contribution in [0, 0.1) is 5.92 Å². The topological polar surface area (TPSA) is 53.2 Å². The third kappa shape index (κ3) is 4.18. The highest BCUT2D eigenvalue weighted by Gasteiger charge is 2.38. The molecule has 110 valence electrons. The van der Waals surface area contributed by atoms with Gasteiger partial charge in [0.25, 0.3) is 0 Å². The van der Waals surface area contributed by atoms with Gasteiger partial charge in [0, 0.05) is 23.7 Å². The van der Waals surface area contributed by atoms with Crippen molar-refractivity contribution in [3.05, 3.63) is 0 Å². The fraction of sp³-hybridized carbons (Fsp3) is 0.933. The number of amides is 1. The highest BCUT2D eigenvalue weighted by Crippen LogP contribution is 2.28. The molecule has 19 heavy (non-hydrogen) atoms. The Labute approximate surface area is 117 Å². The molecule has 0 bridgehead atoms. The van der Waals surface area contributed by atoms with Crippen LogP contribution in [0.4, 0.5) is 0 Å². The second-order valence-corrected chi connectivity index (χ2v) is 7.55. The molecule has 0 aliphatic carbocycles. The van der Waals surface area contributed by atoms with Crippen LogP contribution in [0.25, 0.3) is 0 Å². The third-order valence-corrected chi connectivity index (χ3v) is 4.20. The van der Waals surface area contributed by atoms with Crippen LogP contribution in [0.5, 0.6) is 0 Å². The van der Waals surface area contributed by atoms with E-state index in [1.54, 1.807) is 0 Å². The van der Waals surface area contributed by atoms with Gasteiger partial charge in [0.05, 0.1) is 5.92 Å². The molecule has 3 N–H and O–H groups in total. The molecular weight excluding hydrogens is 238 g/mol. The lowest BCUT2D eigenvalue weighted by molar-refractivity contribution is -0.126. The molecule has 4 nitrogen and oxygen atoms in total. The smallest absolute Gasteiger partial charge is 0.224 e. The zero-order valence-corrected chi connectivity index (χ0v) is 12.8. The van der Waals surface area contributed by atoms with E-state index in [-0.39, 0.29) is 22.9 Å². The zero-order valence-electron chi connectivity index (χ0n) is 12.8. The summed E-state index contributed by atoms with van der Waals surface area (Å²) in [6.45, 7) is 10.8. The highest BCUT2D eigenvalue weighted by atomic mass is 16.2. The second kappa shape index (κ2) is 5.41. The zero-order chi connectivity index (χ0) is 14.1. The Bertz CT molecular complexity index is 316. The number of hydrogen-bond donors (Lipinski definition) is 3. The number of hydrogen-bond acceptors (Lipinski definition) is 3. The summed E-state index contributed by atoms with van der Waals surface area (Å²) in [5, 5.41) is 10.2. The summed E-state index contributed by atoms with van der Waals surface area (Å²) in [7, 11) is 0. The molecule has 1 amide bonds. The van der Waals surface area contributed by atoms with Gasteiger partial charge in [-0.15, -0.1) is 0 Å². The van der Waals surface area contributed by atoms with E-state index in [4.69, 9.17) is 0 Å². The number of carbonyl (C=O) groups is 1. The maximum absolute atomic E-state index is 12.3. The molecule has 2 fully saturated rings. The Hall–Kier alpha value is -0.610. The minimum absolute atomic E-state index is 0.0878. The fourth-order valence-corrected chi connectivity index (χ4v) is 3.82. The van der Waals surface area contributed by atoms with Crippen LogP contribution in [-0.4, -0.2) is 36.1 Å². The summed E-state index contributed by atoms with van der Waals surface area (Å²) in [4.78, 5) is 12.3. The average molecular weight is 267 g/mol. The van der Waals surface area contributed by atoms with Gasteiger partial charge in [-0.1, -0.05) is 0 Å². The lowest BCUT2D eigenvalue weighted by atomic mass is 9.79. The highest BCUT2D eigenvalue weighted by molar-refractivity contribution is 5.79. The molecule has 0 radical (unpaired) electrons. The van der Waals surface area contributed by atoms with Crippen LogP contribution in [0.3, 0.4) is 0 Å². The van der Waals surface area contributed by atoms with Gasteiger partial charge in [-0.25, -0.2) is 0 Å². The minimum Gasteiger partial charge on any atom is -0.353 e. The summed E-state index contributed by atoms with van der Waals surface area (Å²) < 4.78 is 0. The van der Waals surface area contributed by atoms with E-state index in [9.17, 15) is 4.79 Å². The van der Waals surface area contributed by atoms with Crippen LogP contribution in [0.2, 0.25) is 0 Å².